The van der Waals surface area contributed by atoms with Gasteiger partial charge in [-0.3, -0.25) is 4.79 Å². The lowest BCUT2D eigenvalue weighted by molar-refractivity contribution is 0.0621. The molecular weight excluding hydrogens is 370 g/mol. The zero-order valence-electron chi connectivity index (χ0n) is 14.1. The Morgan fingerprint density at radius 2 is 2.19 bits per heavy atom. The number of fused-ring (bicyclic) bond motifs is 4. The summed E-state index contributed by atoms with van der Waals surface area (Å²) in [6.45, 7) is 3.22. The van der Waals surface area contributed by atoms with Gasteiger partial charge in [0.15, 0.2) is 5.58 Å². The van der Waals surface area contributed by atoms with E-state index >= 15 is 0 Å². The summed E-state index contributed by atoms with van der Waals surface area (Å²) < 4.78 is 5.85. The van der Waals surface area contributed by atoms with Gasteiger partial charge in [-0.15, -0.1) is 11.3 Å². The van der Waals surface area contributed by atoms with Crippen molar-refractivity contribution in [2.45, 2.75) is 18.9 Å². The van der Waals surface area contributed by atoms with Gasteiger partial charge in [0.1, 0.15) is 5.52 Å². The van der Waals surface area contributed by atoms with Gasteiger partial charge >= 0.3 is 0 Å². The highest BCUT2D eigenvalue weighted by Crippen LogP contribution is 2.32. The molecular formula is C19H18ClN3O2S. The van der Waals surface area contributed by atoms with Crippen LogP contribution >= 0.6 is 22.9 Å². The Labute approximate surface area is 160 Å². The molecule has 1 aromatic carbocycles. The molecule has 5 nitrogen and oxygen atoms in total. The van der Waals surface area contributed by atoms with Crippen molar-refractivity contribution in [2.75, 3.05) is 19.6 Å². The summed E-state index contributed by atoms with van der Waals surface area (Å²) >= 11 is 7.79. The first-order valence-electron chi connectivity index (χ1n) is 8.84. The van der Waals surface area contributed by atoms with Gasteiger partial charge in [0.2, 0.25) is 5.89 Å². The van der Waals surface area contributed by atoms with E-state index in [-0.39, 0.29) is 11.9 Å². The monoisotopic (exact) mass is 387 g/mol. The minimum absolute atomic E-state index is 0.123. The predicted octanol–water partition coefficient (Wildman–Crippen LogP) is 4.03. The van der Waals surface area contributed by atoms with Crippen molar-refractivity contribution in [1.82, 2.24) is 15.2 Å². The Balaban J connectivity index is 1.48. The molecule has 2 bridgehead atoms. The van der Waals surface area contributed by atoms with Gasteiger partial charge in [-0.05, 0) is 49.4 Å². The number of thiophene rings is 1. The first-order chi connectivity index (χ1) is 12.7. The van der Waals surface area contributed by atoms with E-state index in [1.54, 1.807) is 23.5 Å². The fraction of sp³-hybridized carbons (Fsp3) is 0.368. The molecule has 0 aliphatic carbocycles. The van der Waals surface area contributed by atoms with Gasteiger partial charge in [0, 0.05) is 23.7 Å². The predicted molar refractivity (Wildman–Crippen MR) is 103 cm³/mol. The molecule has 1 atom stereocenters. The van der Waals surface area contributed by atoms with E-state index in [1.165, 1.54) is 0 Å². The summed E-state index contributed by atoms with van der Waals surface area (Å²) in [6.07, 6.45) is 2.31. The first kappa shape index (κ1) is 16.3. The number of piperidine rings is 3. The normalized spacial score (nSPS) is 24.9. The van der Waals surface area contributed by atoms with E-state index in [9.17, 15) is 4.79 Å². The number of oxazole rings is 1. The fourth-order valence-corrected chi connectivity index (χ4v) is 4.91. The Bertz CT molecular complexity index is 961. The van der Waals surface area contributed by atoms with E-state index < -0.39 is 0 Å². The zero-order valence-corrected chi connectivity index (χ0v) is 15.6. The molecule has 0 saturated carbocycles. The van der Waals surface area contributed by atoms with Crippen molar-refractivity contribution in [3.63, 3.8) is 0 Å². The number of carbonyl (C=O) groups excluding carboxylic acids is 1. The summed E-state index contributed by atoms with van der Waals surface area (Å²) in [7, 11) is 0. The standard InChI is InChI=1S/C19H18ClN3O2S/c20-12-8-13(18(24)21-14-10-23-5-3-11(14)4-6-23)17-15(9-12)25-19(22-17)16-2-1-7-26-16/h1-2,7-9,11,14H,3-6,10H2,(H,21,24)/t14-/m1/s1. The maximum atomic E-state index is 13.0. The molecule has 7 heteroatoms. The van der Waals surface area contributed by atoms with Crippen LogP contribution in [0, 0.1) is 5.92 Å². The maximum Gasteiger partial charge on any atom is 0.253 e. The third-order valence-corrected chi connectivity index (χ3v) is 6.49. The fourth-order valence-electron chi connectivity index (χ4n) is 4.05. The number of benzene rings is 1. The number of nitrogens with one attached hydrogen (secondary N) is 1. The van der Waals surface area contributed by atoms with E-state index in [4.69, 9.17) is 16.0 Å². The number of aromatic nitrogens is 1. The highest BCUT2D eigenvalue weighted by atomic mass is 35.5. The van der Waals surface area contributed by atoms with E-state index in [2.05, 4.69) is 15.2 Å². The number of hydrogen-bond donors (Lipinski definition) is 1. The Kier molecular flexibility index (Phi) is 3.99. The minimum atomic E-state index is -0.123. The molecule has 3 aliphatic rings. The van der Waals surface area contributed by atoms with Crippen molar-refractivity contribution in [1.29, 1.82) is 0 Å². The van der Waals surface area contributed by atoms with Gasteiger partial charge in [-0.2, -0.15) is 0 Å². The first-order valence-corrected chi connectivity index (χ1v) is 10.1. The van der Waals surface area contributed by atoms with Crippen LogP contribution in [0.25, 0.3) is 21.9 Å². The van der Waals surface area contributed by atoms with Crippen LogP contribution in [0.3, 0.4) is 0 Å². The average Bonchev–Trinajstić information content (AvgIpc) is 3.31. The molecule has 1 N–H and O–H groups in total. The van der Waals surface area contributed by atoms with Gasteiger partial charge in [0.25, 0.3) is 5.91 Å². The molecule has 0 radical (unpaired) electrons. The number of amides is 1. The van der Waals surface area contributed by atoms with Crippen LogP contribution in [-0.2, 0) is 0 Å². The molecule has 134 valence electrons. The number of hydrogen-bond acceptors (Lipinski definition) is 5. The smallest absolute Gasteiger partial charge is 0.253 e. The van der Waals surface area contributed by atoms with Crippen LogP contribution in [0.15, 0.2) is 34.1 Å². The van der Waals surface area contributed by atoms with Crippen LogP contribution < -0.4 is 5.32 Å². The molecule has 3 aliphatic heterocycles. The van der Waals surface area contributed by atoms with Gasteiger partial charge in [-0.1, -0.05) is 17.7 Å². The second kappa shape index (κ2) is 6.37. The largest absolute Gasteiger partial charge is 0.435 e. The number of halogens is 1. The number of nitrogens with zero attached hydrogens (tertiary/aromatic N) is 2. The van der Waals surface area contributed by atoms with Crippen molar-refractivity contribution < 1.29 is 9.21 Å². The van der Waals surface area contributed by atoms with Crippen LogP contribution in [0.1, 0.15) is 23.2 Å². The molecule has 26 heavy (non-hydrogen) atoms. The van der Waals surface area contributed by atoms with Crippen LogP contribution in [0.2, 0.25) is 5.02 Å². The summed E-state index contributed by atoms with van der Waals surface area (Å²) in [5, 5.41) is 5.66. The number of carbonyl (C=O) groups is 1. The van der Waals surface area contributed by atoms with Crippen molar-refractivity contribution >= 4 is 39.9 Å². The summed E-state index contributed by atoms with van der Waals surface area (Å²) in [4.78, 5) is 20.9. The van der Waals surface area contributed by atoms with Gasteiger partial charge in [0.05, 0.1) is 10.4 Å². The molecule has 1 amide bonds. The zero-order chi connectivity index (χ0) is 17.7. The summed E-state index contributed by atoms with van der Waals surface area (Å²) in [5.41, 5.74) is 1.59. The average molecular weight is 388 g/mol. The van der Waals surface area contributed by atoms with Crippen molar-refractivity contribution in [3.8, 4) is 10.8 Å². The van der Waals surface area contributed by atoms with Gasteiger partial charge in [-0.25, -0.2) is 4.98 Å². The highest BCUT2D eigenvalue weighted by molar-refractivity contribution is 7.13. The van der Waals surface area contributed by atoms with Crippen molar-refractivity contribution in [2.24, 2.45) is 5.92 Å². The number of rotatable bonds is 3. The lowest BCUT2D eigenvalue weighted by Gasteiger charge is -2.44. The Morgan fingerprint density at radius 1 is 1.35 bits per heavy atom. The topological polar surface area (TPSA) is 58.4 Å². The van der Waals surface area contributed by atoms with E-state index in [1.807, 2.05) is 17.5 Å². The molecule has 0 unspecified atom stereocenters. The third-order valence-electron chi connectivity index (χ3n) is 5.41. The van der Waals surface area contributed by atoms with Crippen molar-refractivity contribution in [3.05, 3.63) is 40.2 Å². The molecule has 3 aromatic rings. The molecule has 3 fully saturated rings. The molecule has 0 spiro atoms. The highest BCUT2D eigenvalue weighted by Gasteiger charge is 2.35. The quantitative estimate of drug-likeness (QED) is 0.737. The Hall–Kier alpha value is -1.89. The van der Waals surface area contributed by atoms with E-state index in [0.717, 1.165) is 37.4 Å². The lowest BCUT2D eigenvalue weighted by atomic mass is 9.84. The summed E-state index contributed by atoms with van der Waals surface area (Å²) in [5.74, 6) is 0.967. The van der Waals surface area contributed by atoms with E-state index in [0.29, 0.717) is 33.5 Å². The Morgan fingerprint density at radius 3 is 2.88 bits per heavy atom. The maximum absolute atomic E-state index is 13.0. The lowest BCUT2D eigenvalue weighted by Crippen LogP contribution is -2.57. The minimum Gasteiger partial charge on any atom is -0.435 e. The second-order valence-corrected chi connectivity index (χ2v) is 8.40. The molecule has 2 aromatic heterocycles. The molecule has 6 rings (SSSR count). The molecule has 3 saturated heterocycles. The van der Waals surface area contributed by atoms with Crippen LogP contribution in [0.5, 0.6) is 0 Å². The SMILES string of the molecule is O=C(N[C@@H]1CN2CCC1CC2)c1cc(Cl)cc2oc(-c3cccs3)nc12. The van der Waals surface area contributed by atoms with Crippen LogP contribution in [-0.4, -0.2) is 41.5 Å². The second-order valence-electron chi connectivity index (χ2n) is 7.01. The summed E-state index contributed by atoms with van der Waals surface area (Å²) in [6, 6.07) is 7.49. The van der Waals surface area contributed by atoms with Crippen LogP contribution in [0.4, 0.5) is 0 Å². The third kappa shape index (κ3) is 2.82. The van der Waals surface area contributed by atoms with Gasteiger partial charge < -0.3 is 14.6 Å². The molecule has 5 heterocycles.